The van der Waals surface area contributed by atoms with E-state index in [1.165, 1.54) is 17.2 Å². The summed E-state index contributed by atoms with van der Waals surface area (Å²) in [4.78, 5) is 28.3. The number of pyridine rings is 1. The molecule has 0 atom stereocenters. The molecule has 6 nitrogen and oxygen atoms in total. The zero-order chi connectivity index (χ0) is 15.0. The number of amides is 1. The van der Waals surface area contributed by atoms with E-state index >= 15 is 0 Å². The Morgan fingerprint density at radius 3 is 2.90 bits per heavy atom. The van der Waals surface area contributed by atoms with Gasteiger partial charge in [0.1, 0.15) is 5.69 Å². The minimum atomic E-state index is -1.07. The van der Waals surface area contributed by atoms with Crippen molar-refractivity contribution in [2.45, 2.75) is 6.92 Å². The second-order valence-electron chi connectivity index (χ2n) is 4.04. The molecule has 108 valence electrons. The molecule has 0 aliphatic carbocycles. The average Bonchev–Trinajstić information content (AvgIpc) is 2.44. The summed E-state index contributed by atoms with van der Waals surface area (Å²) < 4.78 is 5.19. The number of rotatable bonds is 7. The molecule has 0 saturated carbocycles. The Labute approximate surface area is 117 Å². The van der Waals surface area contributed by atoms with Crippen LogP contribution in [0.25, 0.3) is 6.08 Å². The lowest BCUT2D eigenvalue weighted by Crippen LogP contribution is -2.31. The van der Waals surface area contributed by atoms with E-state index in [1.54, 1.807) is 19.2 Å². The Morgan fingerprint density at radius 2 is 2.25 bits per heavy atom. The molecular formula is C14H18N2O4. The molecule has 1 N–H and O–H groups in total. The number of carbonyl (C=O) groups excluding carboxylic acids is 1. The first-order valence-corrected chi connectivity index (χ1v) is 6.25. The van der Waals surface area contributed by atoms with Gasteiger partial charge in [-0.25, -0.2) is 4.79 Å². The fraction of sp³-hybridized carbons (Fsp3) is 0.357. The SMILES string of the molecule is CCOCCN(C)C(=O)c1ncccc1/C=C/C(=O)O. The van der Waals surface area contributed by atoms with Gasteiger partial charge in [-0.3, -0.25) is 9.78 Å². The molecule has 0 unspecified atom stereocenters. The first-order valence-electron chi connectivity index (χ1n) is 6.25. The Bertz CT molecular complexity index is 500. The van der Waals surface area contributed by atoms with Gasteiger partial charge in [0, 0.05) is 38.0 Å². The van der Waals surface area contributed by atoms with Gasteiger partial charge < -0.3 is 14.7 Å². The van der Waals surface area contributed by atoms with Crippen LogP contribution in [0.5, 0.6) is 0 Å². The number of likely N-dealkylation sites (N-methyl/N-ethyl adjacent to an activating group) is 1. The van der Waals surface area contributed by atoms with Crippen molar-refractivity contribution in [3.63, 3.8) is 0 Å². The molecule has 1 aromatic rings. The number of aliphatic carboxylic acids is 1. The summed E-state index contributed by atoms with van der Waals surface area (Å²) in [6.45, 7) is 3.38. The zero-order valence-electron chi connectivity index (χ0n) is 11.6. The molecule has 0 fully saturated rings. The predicted molar refractivity (Wildman–Crippen MR) is 74.4 cm³/mol. The van der Waals surface area contributed by atoms with Crippen LogP contribution < -0.4 is 0 Å². The summed E-state index contributed by atoms with van der Waals surface area (Å²) >= 11 is 0. The van der Waals surface area contributed by atoms with Gasteiger partial charge in [0.05, 0.1) is 6.61 Å². The quantitative estimate of drug-likeness (QED) is 0.600. The Hall–Kier alpha value is -2.21. The van der Waals surface area contributed by atoms with E-state index in [1.807, 2.05) is 6.92 Å². The third kappa shape index (κ3) is 4.81. The Balaban J connectivity index is 2.84. The molecule has 20 heavy (non-hydrogen) atoms. The van der Waals surface area contributed by atoms with Crippen molar-refractivity contribution < 1.29 is 19.4 Å². The topological polar surface area (TPSA) is 79.7 Å². The van der Waals surface area contributed by atoms with Crippen LogP contribution in [-0.2, 0) is 9.53 Å². The van der Waals surface area contributed by atoms with E-state index in [2.05, 4.69) is 4.98 Å². The van der Waals surface area contributed by atoms with Crippen LogP contribution in [-0.4, -0.2) is 53.7 Å². The lowest BCUT2D eigenvalue weighted by Gasteiger charge is -2.17. The molecular weight excluding hydrogens is 260 g/mol. The minimum Gasteiger partial charge on any atom is -0.478 e. The van der Waals surface area contributed by atoms with Crippen LogP contribution in [0.15, 0.2) is 24.4 Å². The lowest BCUT2D eigenvalue weighted by molar-refractivity contribution is -0.131. The van der Waals surface area contributed by atoms with E-state index in [4.69, 9.17) is 9.84 Å². The number of aromatic nitrogens is 1. The number of hydrogen-bond acceptors (Lipinski definition) is 4. The second kappa shape index (κ2) is 8.06. The van der Waals surface area contributed by atoms with Crippen molar-refractivity contribution >= 4 is 18.0 Å². The maximum atomic E-state index is 12.2. The lowest BCUT2D eigenvalue weighted by atomic mass is 10.1. The molecule has 6 heteroatoms. The van der Waals surface area contributed by atoms with Crippen LogP contribution >= 0.6 is 0 Å². The highest BCUT2D eigenvalue weighted by Crippen LogP contribution is 2.10. The monoisotopic (exact) mass is 278 g/mol. The van der Waals surface area contributed by atoms with E-state index in [0.717, 1.165) is 6.08 Å². The summed E-state index contributed by atoms with van der Waals surface area (Å²) in [5.41, 5.74) is 0.701. The van der Waals surface area contributed by atoms with Crippen LogP contribution in [0.2, 0.25) is 0 Å². The molecule has 1 rings (SSSR count). The molecule has 1 aromatic heterocycles. The summed E-state index contributed by atoms with van der Waals surface area (Å²) in [5.74, 6) is -1.34. The van der Waals surface area contributed by atoms with E-state index < -0.39 is 5.97 Å². The summed E-state index contributed by atoms with van der Waals surface area (Å²) in [5, 5.41) is 8.64. The Morgan fingerprint density at radius 1 is 1.50 bits per heavy atom. The van der Waals surface area contributed by atoms with Crippen molar-refractivity contribution in [1.82, 2.24) is 9.88 Å². The van der Waals surface area contributed by atoms with Crippen LogP contribution in [0.4, 0.5) is 0 Å². The van der Waals surface area contributed by atoms with Gasteiger partial charge >= 0.3 is 5.97 Å². The van der Waals surface area contributed by atoms with Gasteiger partial charge in [0.15, 0.2) is 0 Å². The summed E-state index contributed by atoms with van der Waals surface area (Å²) in [6, 6.07) is 3.30. The Kier molecular flexibility index (Phi) is 6.39. The third-order valence-electron chi connectivity index (χ3n) is 2.57. The highest BCUT2D eigenvalue weighted by atomic mass is 16.5. The molecule has 0 aliphatic heterocycles. The third-order valence-corrected chi connectivity index (χ3v) is 2.57. The van der Waals surface area contributed by atoms with E-state index in [0.29, 0.717) is 25.3 Å². The van der Waals surface area contributed by atoms with Crippen LogP contribution in [0.3, 0.4) is 0 Å². The molecule has 0 aliphatic rings. The molecule has 0 saturated heterocycles. The van der Waals surface area contributed by atoms with Gasteiger partial charge in [0.2, 0.25) is 0 Å². The van der Waals surface area contributed by atoms with Crippen molar-refractivity contribution in [2.75, 3.05) is 26.8 Å². The summed E-state index contributed by atoms with van der Waals surface area (Å²) in [7, 11) is 1.65. The smallest absolute Gasteiger partial charge is 0.328 e. The van der Waals surface area contributed by atoms with Crippen molar-refractivity contribution in [3.8, 4) is 0 Å². The van der Waals surface area contributed by atoms with Crippen molar-refractivity contribution in [2.24, 2.45) is 0 Å². The molecule has 1 heterocycles. The number of nitrogens with zero attached hydrogens (tertiary/aromatic N) is 2. The fourth-order valence-electron chi connectivity index (χ4n) is 1.52. The first kappa shape index (κ1) is 15.8. The standard InChI is InChI=1S/C14H18N2O4/c1-3-20-10-9-16(2)14(19)13-11(5-4-8-15-13)6-7-12(17)18/h4-8H,3,9-10H2,1-2H3,(H,17,18)/b7-6+. The molecule has 0 bridgehead atoms. The number of carboxylic acids is 1. The number of carboxylic acid groups (broad SMARTS) is 1. The van der Waals surface area contributed by atoms with Crippen LogP contribution in [0, 0.1) is 0 Å². The van der Waals surface area contributed by atoms with Crippen LogP contribution in [0.1, 0.15) is 23.0 Å². The molecule has 0 radical (unpaired) electrons. The first-order chi connectivity index (χ1) is 9.56. The second-order valence-corrected chi connectivity index (χ2v) is 4.04. The highest BCUT2D eigenvalue weighted by molar-refractivity contribution is 5.97. The normalized spacial score (nSPS) is 10.7. The zero-order valence-corrected chi connectivity index (χ0v) is 11.6. The maximum Gasteiger partial charge on any atom is 0.328 e. The maximum absolute atomic E-state index is 12.2. The number of carbonyl (C=O) groups is 2. The fourth-order valence-corrected chi connectivity index (χ4v) is 1.52. The molecule has 1 amide bonds. The van der Waals surface area contributed by atoms with Gasteiger partial charge in [0.25, 0.3) is 5.91 Å². The minimum absolute atomic E-state index is 0.226. The van der Waals surface area contributed by atoms with Gasteiger partial charge in [-0.15, -0.1) is 0 Å². The molecule has 0 aromatic carbocycles. The summed E-state index contributed by atoms with van der Waals surface area (Å²) in [6.07, 6.45) is 3.84. The molecule has 0 spiro atoms. The average molecular weight is 278 g/mol. The largest absolute Gasteiger partial charge is 0.478 e. The highest BCUT2D eigenvalue weighted by Gasteiger charge is 2.15. The number of ether oxygens (including phenoxy) is 1. The van der Waals surface area contributed by atoms with Gasteiger partial charge in [-0.05, 0) is 19.1 Å². The predicted octanol–water partition coefficient (Wildman–Crippen LogP) is 1.29. The van der Waals surface area contributed by atoms with Gasteiger partial charge in [-0.1, -0.05) is 6.07 Å². The number of hydrogen-bond donors (Lipinski definition) is 1. The van der Waals surface area contributed by atoms with E-state index in [9.17, 15) is 9.59 Å². The van der Waals surface area contributed by atoms with Gasteiger partial charge in [-0.2, -0.15) is 0 Å². The van der Waals surface area contributed by atoms with Crippen molar-refractivity contribution in [3.05, 3.63) is 35.7 Å². The van der Waals surface area contributed by atoms with E-state index in [-0.39, 0.29) is 11.6 Å². The van der Waals surface area contributed by atoms with Crippen molar-refractivity contribution in [1.29, 1.82) is 0 Å².